The average molecular weight is 497 g/mol. The van der Waals surface area contributed by atoms with E-state index in [0.717, 1.165) is 21.5 Å². The van der Waals surface area contributed by atoms with Crippen LogP contribution in [0.3, 0.4) is 0 Å². The van der Waals surface area contributed by atoms with Gasteiger partial charge in [0.15, 0.2) is 0 Å². The average Bonchev–Trinajstić information content (AvgIpc) is 3.39. The summed E-state index contributed by atoms with van der Waals surface area (Å²) in [6.45, 7) is 6.89. The third kappa shape index (κ3) is 3.48. The van der Waals surface area contributed by atoms with Crippen LogP contribution in [0.2, 0.25) is 0 Å². The van der Waals surface area contributed by atoms with Crippen molar-refractivity contribution < 1.29 is 17.6 Å². The fourth-order valence-corrected chi connectivity index (χ4v) is 6.63. The highest BCUT2D eigenvalue weighted by atomic mass is 32.1. The minimum Gasteiger partial charge on any atom is -0.205 e. The summed E-state index contributed by atoms with van der Waals surface area (Å²) < 4.78 is 58.0. The van der Waals surface area contributed by atoms with Gasteiger partial charge < -0.3 is 0 Å². The lowest BCUT2D eigenvalue weighted by atomic mass is 10.1. The van der Waals surface area contributed by atoms with Crippen LogP contribution >= 0.6 is 22.7 Å². The van der Waals surface area contributed by atoms with E-state index in [0.29, 0.717) is 41.1 Å². The molecule has 0 atom stereocenters. The molecule has 0 aliphatic heterocycles. The first-order valence-electron chi connectivity index (χ1n) is 10.7. The zero-order valence-corrected chi connectivity index (χ0v) is 20.6. The molecule has 172 valence electrons. The molecule has 4 aromatic carbocycles. The van der Waals surface area contributed by atoms with Gasteiger partial charge in [-0.25, -0.2) is 17.6 Å². The predicted molar refractivity (Wildman–Crippen MR) is 137 cm³/mol. The maximum absolute atomic E-state index is 14.0. The Morgan fingerprint density at radius 1 is 0.382 bits per heavy atom. The van der Waals surface area contributed by atoms with Crippen molar-refractivity contribution >= 4 is 63.0 Å². The normalized spacial score (nSPS) is 11.5. The second-order valence-electron chi connectivity index (χ2n) is 8.50. The Kier molecular flexibility index (Phi) is 5.61. The highest BCUT2D eigenvalue weighted by Crippen LogP contribution is 2.39. The van der Waals surface area contributed by atoms with Crippen LogP contribution in [0.5, 0.6) is 0 Å². The maximum atomic E-state index is 14.0. The fourth-order valence-electron chi connectivity index (χ4n) is 4.07. The molecule has 0 bridgehead atoms. The van der Waals surface area contributed by atoms with E-state index in [1.165, 1.54) is 22.7 Å². The fraction of sp³-hybridized carbons (Fsp3) is 0.143. The van der Waals surface area contributed by atoms with Crippen LogP contribution in [-0.4, -0.2) is 0 Å². The SMILES string of the molecule is Cc1ccc2c(sc3c(F)c(C)ccc32)c1F.Cc1ccc2c(sc3c(F)c(C)ccc32)c1F. The lowest BCUT2D eigenvalue weighted by Crippen LogP contribution is -1.81. The van der Waals surface area contributed by atoms with Crippen LogP contribution in [-0.2, 0) is 0 Å². The van der Waals surface area contributed by atoms with Crippen LogP contribution in [0, 0.1) is 51.0 Å². The first-order valence-corrected chi connectivity index (χ1v) is 12.3. The van der Waals surface area contributed by atoms with Crippen LogP contribution in [0.1, 0.15) is 22.3 Å². The van der Waals surface area contributed by atoms with Gasteiger partial charge in [0.1, 0.15) is 23.3 Å². The zero-order valence-electron chi connectivity index (χ0n) is 18.9. The number of benzene rings is 4. The molecule has 2 heterocycles. The first-order chi connectivity index (χ1) is 16.2. The van der Waals surface area contributed by atoms with Crippen molar-refractivity contribution in [2.75, 3.05) is 0 Å². The van der Waals surface area contributed by atoms with E-state index >= 15 is 0 Å². The van der Waals surface area contributed by atoms with Gasteiger partial charge in [-0.15, -0.1) is 22.7 Å². The van der Waals surface area contributed by atoms with Gasteiger partial charge >= 0.3 is 0 Å². The first kappa shape index (κ1) is 22.8. The Morgan fingerprint density at radius 3 is 0.794 bits per heavy atom. The molecule has 0 saturated carbocycles. The van der Waals surface area contributed by atoms with Crippen LogP contribution in [0.25, 0.3) is 40.3 Å². The monoisotopic (exact) mass is 496 g/mol. The van der Waals surface area contributed by atoms with Crippen LogP contribution < -0.4 is 0 Å². The number of hydrogen-bond donors (Lipinski definition) is 0. The molecule has 34 heavy (non-hydrogen) atoms. The molecule has 2 aromatic heterocycles. The van der Waals surface area contributed by atoms with Crippen LogP contribution in [0.4, 0.5) is 17.6 Å². The van der Waals surface area contributed by atoms with Gasteiger partial charge in [-0.3, -0.25) is 0 Å². The number of aryl methyl sites for hydroxylation is 4. The van der Waals surface area contributed by atoms with E-state index < -0.39 is 0 Å². The van der Waals surface area contributed by atoms with Gasteiger partial charge in [0.25, 0.3) is 0 Å². The second kappa shape index (κ2) is 8.36. The van der Waals surface area contributed by atoms with E-state index in [2.05, 4.69) is 0 Å². The molecule has 6 rings (SSSR count). The zero-order chi connectivity index (χ0) is 24.3. The molecule has 6 aromatic rings. The molecule has 0 aliphatic carbocycles. The van der Waals surface area contributed by atoms with Gasteiger partial charge in [0.05, 0.1) is 18.8 Å². The summed E-state index contributed by atoms with van der Waals surface area (Å²) in [7, 11) is 0. The van der Waals surface area contributed by atoms with E-state index in [1.807, 2.05) is 24.3 Å². The van der Waals surface area contributed by atoms with E-state index in [1.54, 1.807) is 52.0 Å². The molecule has 6 heteroatoms. The highest BCUT2D eigenvalue weighted by Gasteiger charge is 2.15. The standard InChI is InChI=1S/2C14H10F2S/c2*1-7-3-5-9-10-6-4-8(2)12(16)14(10)17-13(9)11(7)15/h2*3-6H,1-2H3. The molecule has 0 fully saturated rings. The second-order valence-corrected chi connectivity index (χ2v) is 10.5. The molecule has 0 N–H and O–H groups in total. The van der Waals surface area contributed by atoms with Gasteiger partial charge in [0, 0.05) is 21.5 Å². The molecular formula is C28H20F4S2. The summed E-state index contributed by atoms with van der Waals surface area (Å²) >= 11 is 2.39. The highest BCUT2D eigenvalue weighted by molar-refractivity contribution is 7.26. The predicted octanol–water partition coefficient (Wildman–Crippen LogP) is 9.90. The smallest absolute Gasteiger partial charge is 0.143 e. The Morgan fingerprint density at radius 2 is 0.588 bits per heavy atom. The van der Waals surface area contributed by atoms with Crippen molar-refractivity contribution in [3.05, 3.63) is 94.1 Å². The number of halogens is 4. The summed E-state index contributed by atoms with van der Waals surface area (Å²) in [5.74, 6) is -0.942. The third-order valence-electron chi connectivity index (χ3n) is 6.15. The summed E-state index contributed by atoms with van der Waals surface area (Å²) in [5, 5.41) is 3.19. The Hall–Kier alpha value is -2.96. The van der Waals surface area contributed by atoms with E-state index in [-0.39, 0.29) is 23.3 Å². The minimum absolute atomic E-state index is 0.235. The Bertz CT molecular complexity index is 1490. The molecule has 0 nitrogen and oxygen atoms in total. The number of fused-ring (bicyclic) bond motifs is 6. The van der Waals surface area contributed by atoms with E-state index in [9.17, 15) is 17.6 Å². The van der Waals surface area contributed by atoms with Gasteiger partial charge in [-0.05, 0) is 49.9 Å². The molecule has 0 radical (unpaired) electrons. The lowest BCUT2D eigenvalue weighted by Gasteiger charge is -1.97. The topological polar surface area (TPSA) is 0 Å². The molecule has 0 unspecified atom stereocenters. The molecule has 0 amide bonds. The molecular weight excluding hydrogens is 476 g/mol. The lowest BCUT2D eigenvalue weighted by molar-refractivity contribution is 0.632. The van der Waals surface area contributed by atoms with Crippen molar-refractivity contribution in [1.29, 1.82) is 0 Å². The number of rotatable bonds is 0. The molecule has 0 aliphatic rings. The summed E-state index contributed by atoms with van der Waals surface area (Å²) in [6, 6.07) is 14.4. The van der Waals surface area contributed by atoms with Crippen LogP contribution in [0.15, 0.2) is 48.5 Å². The van der Waals surface area contributed by atoms with Crippen molar-refractivity contribution in [3.8, 4) is 0 Å². The van der Waals surface area contributed by atoms with Crippen molar-refractivity contribution in [2.45, 2.75) is 27.7 Å². The third-order valence-corrected chi connectivity index (χ3v) is 8.56. The number of hydrogen-bond acceptors (Lipinski definition) is 2. The van der Waals surface area contributed by atoms with Gasteiger partial charge in [-0.1, -0.05) is 48.5 Å². The van der Waals surface area contributed by atoms with Crippen molar-refractivity contribution in [2.24, 2.45) is 0 Å². The largest absolute Gasteiger partial charge is 0.205 e. The molecule has 0 saturated heterocycles. The Labute approximate surface area is 202 Å². The Balaban J connectivity index is 0.000000142. The quantitative estimate of drug-likeness (QED) is 0.184. The summed E-state index contributed by atoms with van der Waals surface area (Å²) in [4.78, 5) is 0. The summed E-state index contributed by atoms with van der Waals surface area (Å²) in [6.07, 6.45) is 0. The maximum Gasteiger partial charge on any atom is 0.143 e. The van der Waals surface area contributed by atoms with E-state index in [4.69, 9.17) is 0 Å². The minimum atomic E-state index is -0.235. The van der Waals surface area contributed by atoms with Gasteiger partial charge in [-0.2, -0.15) is 0 Å². The number of thiophene rings is 2. The van der Waals surface area contributed by atoms with Crippen molar-refractivity contribution in [3.63, 3.8) is 0 Å². The van der Waals surface area contributed by atoms with Gasteiger partial charge in [0.2, 0.25) is 0 Å². The van der Waals surface area contributed by atoms with Crippen molar-refractivity contribution in [1.82, 2.24) is 0 Å². The summed E-state index contributed by atoms with van der Waals surface area (Å²) in [5.41, 5.74) is 2.39. The molecule has 0 spiro atoms.